The number of rotatable bonds is 20. The van der Waals surface area contributed by atoms with Gasteiger partial charge in [-0.3, -0.25) is 9.59 Å². The van der Waals surface area contributed by atoms with Crippen LogP contribution in [0.4, 0.5) is 0 Å². The summed E-state index contributed by atoms with van der Waals surface area (Å²) in [6.45, 7) is 4.65. The molecule has 0 saturated heterocycles. The molecule has 1 aliphatic heterocycles. The van der Waals surface area contributed by atoms with E-state index in [4.69, 9.17) is 37.4 Å². The molecule has 0 radical (unpaired) electrons. The van der Waals surface area contributed by atoms with Crippen LogP contribution in [0.1, 0.15) is 42.4 Å². The summed E-state index contributed by atoms with van der Waals surface area (Å²) in [5.41, 5.74) is 2.84. The summed E-state index contributed by atoms with van der Waals surface area (Å²) in [4.78, 5) is 25.7. The molecule has 2 aromatic carbocycles. The van der Waals surface area contributed by atoms with Gasteiger partial charge in [-0.2, -0.15) is 0 Å². The summed E-state index contributed by atoms with van der Waals surface area (Å²) in [5, 5.41) is 23.0. The van der Waals surface area contributed by atoms with Crippen molar-refractivity contribution in [3.8, 4) is 0 Å². The molecule has 15 heteroatoms. The maximum absolute atomic E-state index is 13.0. The third-order valence-corrected chi connectivity index (χ3v) is 9.30. The van der Waals surface area contributed by atoms with Crippen LogP contribution < -0.4 is 10.0 Å². The lowest BCUT2D eigenvalue weighted by Gasteiger charge is -2.33. The van der Waals surface area contributed by atoms with Crippen LogP contribution in [-0.2, 0) is 40.4 Å². The molecule has 1 aliphatic rings. The molecule has 0 saturated carbocycles. The number of hydrogen-bond donors (Lipinski definition) is 4. The smallest absolute Gasteiger partial charge is 0.252 e. The average Bonchev–Trinajstić information content (AvgIpc) is 3.02. The number of ether oxygens (including phenoxy) is 3. The largest absolute Gasteiger partial charge is 0.382 e. The lowest BCUT2D eigenvalue weighted by atomic mass is 9.85. The first-order valence-electron chi connectivity index (χ1n) is 15.1. The van der Waals surface area contributed by atoms with E-state index in [-0.39, 0.29) is 70.0 Å². The van der Waals surface area contributed by atoms with Gasteiger partial charge in [-0.1, -0.05) is 42.3 Å². The van der Waals surface area contributed by atoms with E-state index in [1.165, 1.54) is 0 Å². The molecule has 0 bridgehead atoms. The van der Waals surface area contributed by atoms with Crippen molar-refractivity contribution in [3.05, 3.63) is 63.1 Å². The summed E-state index contributed by atoms with van der Waals surface area (Å²) >= 11 is 12.8. The molecular formula is C31H43Cl2N3O9S. The quantitative estimate of drug-likeness (QED) is 0.150. The van der Waals surface area contributed by atoms with Gasteiger partial charge in [0.25, 0.3) is 5.91 Å². The zero-order chi connectivity index (χ0) is 33.7. The van der Waals surface area contributed by atoms with Crippen LogP contribution in [-0.4, -0.2) is 114 Å². The van der Waals surface area contributed by atoms with Crippen molar-refractivity contribution in [2.24, 2.45) is 0 Å². The molecule has 1 amide bonds. The minimum atomic E-state index is -3.77. The second-order valence-corrected chi connectivity index (χ2v) is 13.5. The van der Waals surface area contributed by atoms with Crippen molar-refractivity contribution in [3.63, 3.8) is 0 Å². The van der Waals surface area contributed by atoms with E-state index in [9.17, 15) is 28.2 Å². The lowest BCUT2D eigenvalue weighted by Crippen LogP contribution is -2.46. The number of amides is 1. The number of nitrogens with zero attached hydrogens (tertiary/aromatic N) is 1. The predicted molar refractivity (Wildman–Crippen MR) is 174 cm³/mol. The lowest BCUT2D eigenvalue weighted by molar-refractivity contribution is -0.145. The van der Waals surface area contributed by atoms with Crippen molar-refractivity contribution in [1.82, 2.24) is 14.9 Å². The minimum absolute atomic E-state index is 0.0798. The maximum Gasteiger partial charge on any atom is 0.252 e. The number of ketones is 1. The first-order chi connectivity index (χ1) is 21.9. The summed E-state index contributed by atoms with van der Waals surface area (Å²) in [6.07, 6.45) is -2.98. The van der Waals surface area contributed by atoms with Gasteiger partial charge in [0.05, 0.1) is 44.5 Å². The molecule has 0 fully saturated rings. The van der Waals surface area contributed by atoms with Gasteiger partial charge in [0.2, 0.25) is 10.0 Å². The van der Waals surface area contributed by atoms with Gasteiger partial charge in [-0.25, -0.2) is 13.1 Å². The molecule has 3 rings (SSSR count). The molecular weight excluding hydrogens is 661 g/mol. The van der Waals surface area contributed by atoms with Gasteiger partial charge in [0.1, 0.15) is 6.10 Å². The average molecular weight is 705 g/mol. The number of aliphatic hydroxyl groups is 2. The number of Topliss-reactive ketones (excluding diaryl/α,β-unsaturated/α-hetero) is 1. The van der Waals surface area contributed by atoms with Crippen LogP contribution in [0, 0.1) is 0 Å². The molecule has 3 unspecified atom stereocenters. The van der Waals surface area contributed by atoms with Crippen molar-refractivity contribution in [2.75, 3.05) is 66.3 Å². The van der Waals surface area contributed by atoms with Gasteiger partial charge < -0.3 is 34.6 Å². The van der Waals surface area contributed by atoms with Crippen LogP contribution in [0.5, 0.6) is 0 Å². The number of sulfonamides is 1. The van der Waals surface area contributed by atoms with Gasteiger partial charge in [0, 0.05) is 48.6 Å². The molecule has 3 atom stereocenters. The highest BCUT2D eigenvalue weighted by Gasteiger charge is 2.30. The number of carbonyl (C=O) groups is 2. The van der Waals surface area contributed by atoms with Crippen LogP contribution in [0.3, 0.4) is 0 Å². The van der Waals surface area contributed by atoms with Crippen molar-refractivity contribution in [1.29, 1.82) is 0 Å². The van der Waals surface area contributed by atoms with Gasteiger partial charge in [-0.05, 0) is 54.4 Å². The number of nitrogens with one attached hydrogen (secondary N) is 2. The first-order valence-corrected chi connectivity index (χ1v) is 17.3. The highest BCUT2D eigenvalue weighted by atomic mass is 35.5. The molecule has 256 valence electrons. The third kappa shape index (κ3) is 11.5. The van der Waals surface area contributed by atoms with E-state index in [0.29, 0.717) is 29.6 Å². The van der Waals surface area contributed by atoms with E-state index < -0.39 is 33.9 Å². The number of benzene rings is 2. The Balaban J connectivity index is 1.30. The Labute approximate surface area is 280 Å². The fourth-order valence-electron chi connectivity index (χ4n) is 4.97. The molecule has 2 aromatic rings. The Morgan fingerprint density at radius 1 is 0.978 bits per heavy atom. The van der Waals surface area contributed by atoms with Crippen LogP contribution in [0.15, 0.2) is 41.3 Å². The third-order valence-electron chi connectivity index (χ3n) is 7.29. The van der Waals surface area contributed by atoms with Crippen LogP contribution >= 0.6 is 23.2 Å². The highest BCUT2D eigenvalue weighted by molar-refractivity contribution is 7.89. The van der Waals surface area contributed by atoms with E-state index >= 15 is 0 Å². The van der Waals surface area contributed by atoms with Gasteiger partial charge >= 0.3 is 0 Å². The fraction of sp³-hybridized carbons (Fsp3) is 0.548. The normalized spacial score (nSPS) is 16.5. The van der Waals surface area contributed by atoms with Crippen LogP contribution in [0.25, 0.3) is 0 Å². The van der Waals surface area contributed by atoms with E-state index in [1.807, 2.05) is 19.2 Å². The standard InChI is InChI=1S/C31H43Cl2N3O9S/c1-3-5-28(37)29(38)30(39)31(40)34-8-10-43-12-14-45-15-13-44-11-9-35-46(41,42)23-7-4-6-21(16-23)25-19-36(2)20-26-24(25)17-22(32)18-27(26)33/h4,6-7,16-18,25,29-30,35,38-39H,3,5,8-15,19-20H2,1-2H3,(H,34,40). The van der Waals surface area contributed by atoms with E-state index in [2.05, 4.69) is 14.9 Å². The van der Waals surface area contributed by atoms with Gasteiger partial charge in [0.15, 0.2) is 11.9 Å². The summed E-state index contributed by atoms with van der Waals surface area (Å²) in [7, 11) is -1.78. The Bertz CT molecular complexity index is 1410. The molecule has 1 heterocycles. The Morgan fingerprint density at radius 2 is 1.63 bits per heavy atom. The van der Waals surface area contributed by atoms with Crippen LogP contribution in [0.2, 0.25) is 10.0 Å². The predicted octanol–water partition coefficient (Wildman–Crippen LogP) is 2.11. The second kappa shape index (κ2) is 19.0. The second-order valence-electron chi connectivity index (χ2n) is 10.9. The molecule has 0 aliphatic carbocycles. The zero-order valence-corrected chi connectivity index (χ0v) is 28.4. The molecule has 12 nitrogen and oxygen atoms in total. The van der Waals surface area contributed by atoms with Crippen molar-refractivity contribution >= 4 is 44.9 Å². The molecule has 46 heavy (non-hydrogen) atoms. The molecule has 0 spiro atoms. The van der Waals surface area contributed by atoms with Gasteiger partial charge in [-0.15, -0.1) is 0 Å². The number of carbonyl (C=O) groups excluding carboxylic acids is 2. The Hall–Kier alpha value is -2.17. The van der Waals surface area contributed by atoms with Crippen molar-refractivity contribution in [2.45, 2.75) is 49.3 Å². The Morgan fingerprint density at radius 3 is 2.30 bits per heavy atom. The number of fused-ring (bicyclic) bond motifs is 1. The van der Waals surface area contributed by atoms with E-state index in [1.54, 1.807) is 31.2 Å². The topological polar surface area (TPSA) is 164 Å². The number of hydrogen-bond acceptors (Lipinski definition) is 10. The zero-order valence-electron chi connectivity index (χ0n) is 26.0. The minimum Gasteiger partial charge on any atom is -0.382 e. The van der Waals surface area contributed by atoms with E-state index in [0.717, 1.165) is 16.7 Å². The molecule has 4 N–H and O–H groups in total. The summed E-state index contributed by atoms with van der Waals surface area (Å²) in [5.74, 6) is -1.52. The number of aliphatic hydroxyl groups excluding tert-OH is 2. The van der Waals surface area contributed by atoms with Crippen molar-refractivity contribution < 1.29 is 42.4 Å². The fourth-order valence-corrected chi connectivity index (χ4v) is 6.60. The molecule has 0 aromatic heterocycles. The highest BCUT2D eigenvalue weighted by Crippen LogP contribution is 2.38. The summed E-state index contributed by atoms with van der Waals surface area (Å²) in [6, 6.07) is 10.5. The maximum atomic E-state index is 13.0. The monoisotopic (exact) mass is 703 g/mol. The first kappa shape index (κ1) is 38.3. The Kier molecular flexibility index (Phi) is 15.8. The number of halogens is 2. The summed E-state index contributed by atoms with van der Waals surface area (Å²) < 4.78 is 44.8. The SMILES string of the molecule is CCCC(=O)C(O)C(O)C(=O)NCCOCCOCCOCCNS(=O)(=O)c1cccc(C2CN(C)Cc3c(Cl)cc(Cl)cc32)c1. The number of likely N-dealkylation sites (N-methyl/N-ethyl adjacent to an activating group) is 1.